The van der Waals surface area contributed by atoms with Crippen molar-refractivity contribution in [2.24, 2.45) is 4.99 Å². The number of hydrogen-bond acceptors (Lipinski definition) is 2. The predicted molar refractivity (Wildman–Crippen MR) is 72.5 cm³/mol. The highest BCUT2D eigenvalue weighted by Crippen LogP contribution is 2.09. The third-order valence-corrected chi connectivity index (χ3v) is 2.31. The number of benzene rings is 1. The Morgan fingerprint density at radius 3 is 2.56 bits per heavy atom. The lowest BCUT2D eigenvalue weighted by Gasteiger charge is -2.07. The van der Waals surface area contributed by atoms with Gasteiger partial charge < -0.3 is 5.32 Å². The van der Waals surface area contributed by atoms with E-state index in [0.29, 0.717) is 0 Å². The normalized spacial score (nSPS) is 12.1. The van der Waals surface area contributed by atoms with Crippen LogP contribution in [0.3, 0.4) is 0 Å². The number of nitrogens with zero attached hydrogens (tertiary/aromatic N) is 1. The molecule has 0 atom stereocenters. The number of anilines is 1. The fraction of sp³-hybridized carbons (Fsp3) is 0.357. The first kappa shape index (κ1) is 12.5. The third-order valence-electron chi connectivity index (χ3n) is 2.31. The van der Waals surface area contributed by atoms with Crippen LogP contribution in [0.15, 0.2) is 40.9 Å². The standard InChI is InChI=1S/C14H20N2/c1-4-5-13(10-15-3)11-16-14-8-6-12(2)7-9-14/h5-10,16H,4,11H2,1-3H3/b13-5+,15-10?. The SMILES string of the molecule is CC/C=C(\C=NC)CNc1ccc(C)cc1. The molecule has 0 aromatic heterocycles. The van der Waals surface area contributed by atoms with E-state index in [1.807, 2.05) is 6.21 Å². The van der Waals surface area contributed by atoms with Gasteiger partial charge in [0.05, 0.1) is 0 Å². The summed E-state index contributed by atoms with van der Waals surface area (Å²) >= 11 is 0. The van der Waals surface area contributed by atoms with Crippen LogP contribution < -0.4 is 5.32 Å². The first-order valence-electron chi connectivity index (χ1n) is 5.68. The van der Waals surface area contributed by atoms with Gasteiger partial charge in [0, 0.05) is 25.5 Å². The molecule has 1 N–H and O–H groups in total. The summed E-state index contributed by atoms with van der Waals surface area (Å²) < 4.78 is 0. The molecule has 1 rings (SSSR count). The van der Waals surface area contributed by atoms with E-state index in [1.165, 1.54) is 11.1 Å². The van der Waals surface area contributed by atoms with Crippen LogP contribution in [-0.4, -0.2) is 19.8 Å². The van der Waals surface area contributed by atoms with Gasteiger partial charge in [-0.1, -0.05) is 30.7 Å². The van der Waals surface area contributed by atoms with Gasteiger partial charge in [0.15, 0.2) is 0 Å². The van der Waals surface area contributed by atoms with Crippen LogP contribution in [0, 0.1) is 6.92 Å². The molecule has 0 bridgehead atoms. The zero-order valence-electron chi connectivity index (χ0n) is 10.3. The van der Waals surface area contributed by atoms with E-state index in [-0.39, 0.29) is 0 Å². The fourth-order valence-corrected chi connectivity index (χ4v) is 1.47. The van der Waals surface area contributed by atoms with E-state index in [2.05, 4.69) is 54.5 Å². The Morgan fingerprint density at radius 2 is 2.00 bits per heavy atom. The van der Waals surface area contributed by atoms with Crippen molar-refractivity contribution in [3.8, 4) is 0 Å². The van der Waals surface area contributed by atoms with E-state index < -0.39 is 0 Å². The second kappa shape index (κ2) is 6.83. The Morgan fingerprint density at radius 1 is 1.31 bits per heavy atom. The van der Waals surface area contributed by atoms with Gasteiger partial charge in [0.2, 0.25) is 0 Å². The minimum atomic E-state index is 0.828. The van der Waals surface area contributed by atoms with Crippen LogP contribution >= 0.6 is 0 Å². The van der Waals surface area contributed by atoms with Gasteiger partial charge in [-0.25, -0.2) is 0 Å². The maximum Gasteiger partial charge on any atom is 0.0412 e. The van der Waals surface area contributed by atoms with Crippen LogP contribution in [0.1, 0.15) is 18.9 Å². The second-order valence-corrected chi connectivity index (χ2v) is 3.79. The summed E-state index contributed by atoms with van der Waals surface area (Å²) in [4.78, 5) is 4.05. The quantitative estimate of drug-likeness (QED) is 0.749. The van der Waals surface area contributed by atoms with Gasteiger partial charge in [-0.2, -0.15) is 0 Å². The van der Waals surface area contributed by atoms with Crippen LogP contribution in [0.2, 0.25) is 0 Å². The zero-order chi connectivity index (χ0) is 11.8. The number of allylic oxidation sites excluding steroid dienone is 1. The maximum atomic E-state index is 4.05. The first-order chi connectivity index (χ1) is 7.76. The van der Waals surface area contributed by atoms with Gasteiger partial charge >= 0.3 is 0 Å². The van der Waals surface area contributed by atoms with E-state index in [9.17, 15) is 0 Å². The van der Waals surface area contributed by atoms with E-state index in [0.717, 1.165) is 18.7 Å². The molecule has 0 aliphatic rings. The average Bonchev–Trinajstić information content (AvgIpc) is 2.29. The molecule has 86 valence electrons. The summed E-state index contributed by atoms with van der Waals surface area (Å²) in [7, 11) is 1.80. The van der Waals surface area contributed by atoms with Crippen LogP contribution in [0.25, 0.3) is 0 Å². The first-order valence-corrected chi connectivity index (χ1v) is 5.68. The lowest BCUT2D eigenvalue weighted by molar-refractivity contribution is 1.17. The van der Waals surface area contributed by atoms with Gasteiger partial charge in [-0.3, -0.25) is 4.99 Å². The van der Waals surface area contributed by atoms with E-state index in [4.69, 9.17) is 0 Å². The van der Waals surface area contributed by atoms with Crippen molar-refractivity contribution >= 4 is 11.9 Å². The molecule has 0 unspecified atom stereocenters. The average molecular weight is 216 g/mol. The van der Waals surface area contributed by atoms with E-state index >= 15 is 0 Å². The van der Waals surface area contributed by atoms with Crippen molar-refractivity contribution in [3.05, 3.63) is 41.5 Å². The van der Waals surface area contributed by atoms with Crippen LogP contribution in [0.4, 0.5) is 5.69 Å². The molecule has 0 fully saturated rings. The smallest absolute Gasteiger partial charge is 0.0412 e. The third kappa shape index (κ3) is 4.30. The Bertz CT molecular complexity index is 361. The summed E-state index contributed by atoms with van der Waals surface area (Å²) in [5.41, 5.74) is 3.66. The van der Waals surface area contributed by atoms with Gasteiger partial charge in [0.25, 0.3) is 0 Å². The molecule has 2 nitrogen and oxygen atoms in total. The molecule has 2 heteroatoms. The topological polar surface area (TPSA) is 24.4 Å². The highest BCUT2D eigenvalue weighted by molar-refractivity contribution is 5.79. The van der Waals surface area contributed by atoms with Gasteiger partial charge in [-0.05, 0) is 31.1 Å². The summed E-state index contributed by atoms with van der Waals surface area (Å²) in [6.07, 6.45) is 5.13. The lowest BCUT2D eigenvalue weighted by atomic mass is 10.2. The number of rotatable bonds is 5. The summed E-state index contributed by atoms with van der Waals surface area (Å²) in [6, 6.07) is 8.42. The number of aryl methyl sites for hydroxylation is 1. The Labute approximate surface area is 98.1 Å². The number of nitrogens with one attached hydrogen (secondary N) is 1. The van der Waals surface area contributed by atoms with Crippen molar-refractivity contribution < 1.29 is 0 Å². The molecule has 0 aliphatic heterocycles. The molecular weight excluding hydrogens is 196 g/mol. The van der Waals surface area contributed by atoms with Crippen molar-refractivity contribution in [1.82, 2.24) is 0 Å². The Balaban J connectivity index is 2.55. The second-order valence-electron chi connectivity index (χ2n) is 3.79. The summed E-state index contributed by atoms with van der Waals surface area (Å²) in [5, 5.41) is 3.38. The van der Waals surface area contributed by atoms with Crippen molar-refractivity contribution in [2.45, 2.75) is 20.3 Å². The largest absolute Gasteiger partial charge is 0.381 e. The molecule has 0 spiro atoms. The Kier molecular flexibility index (Phi) is 5.34. The minimum Gasteiger partial charge on any atom is -0.381 e. The maximum absolute atomic E-state index is 4.05. The highest BCUT2D eigenvalue weighted by atomic mass is 14.9. The minimum absolute atomic E-state index is 0.828. The van der Waals surface area contributed by atoms with Crippen molar-refractivity contribution in [2.75, 3.05) is 18.9 Å². The molecule has 1 aromatic rings. The van der Waals surface area contributed by atoms with Crippen molar-refractivity contribution in [3.63, 3.8) is 0 Å². The Hall–Kier alpha value is -1.57. The molecule has 1 aromatic carbocycles. The van der Waals surface area contributed by atoms with Crippen LogP contribution in [0.5, 0.6) is 0 Å². The summed E-state index contributed by atoms with van der Waals surface area (Å²) in [6.45, 7) is 5.06. The molecule has 0 aliphatic carbocycles. The van der Waals surface area contributed by atoms with E-state index in [1.54, 1.807) is 7.05 Å². The van der Waals surface area contributed by atoms with Crippen LogP contribution in [-0.2, 0) is 0 Å². The molecular formula is C14H20N2. The molecule has 0 saturated carbocycles. The number of hydrogen-bond donors (Lipinski definition) is 1. The monoisotopic (exact) mass is 216 g/mol. The highest BCUT2D eigenvalue weighted by Gasteiger charge is 1.94. The molecule has 0 radical (unpaired) electrons. The molecule has 16 heavy (non-hydrogen) atoms. The number of aliphatic imine (C=N–C) groups is 1. The van der Waals surface area contributed by atoms with Gasteiger partial charge in [-0.15, -0.1) is 0 Å². The fourth-order valence-electron chi connectivity index (χ4n) is 1.47. The molecule has 0 amide bonds. The summed E-state index contributed by atoms with van der Waals surface area (Å²) in [5.74, 6) is 0. The van der Waals surface area contributed by atoms with Gasteiger partial charge in [0.1, 0.15) is 0 Å². The molecule has 0 heterocycles. The zero-order valence-corrected chi connectivity index (χ0v) is 10.3. The molecule has 0 saturated heterocycles. The lowest BCUT2D eigenvalue weighted by Crippen LogP contribution is -2.05. The van der Waals surface area contributed by atoms with Crippen molar-refractivity contribution in [1.29, 1.82) is 0 Å². The predicted octanol–water partition coefficient (Wildman–Crippen LogP) is 3.44.